The summed E-state index contributed by atoms with van der Waals surface area (Å²) < 4.78 is 57.0. The van der Waals surface area contributed by atoms with Gasteiger partial charge in [-0.3, -0.25) is 9.52 Å². The predicted molar refractivity (Wildman–Crippen MR) is 101 cm³/mol. The monoisotopic (exact) mass is 430 g/mol. The Bertz CT molecular complexity index is 1100. The predicted octanol–water partition coefficient (Wildman–Crippen LogP) is 2.22. The molecular weight excluding hydrogens is 416 g/mol. The average molecular weight is 431 g/mol. The lowest BCUT2D eigenvalue weighted by atomic mass is 10.3. The summed E-state index contributed by atoms with van der Waals surface area (Å²) in [5, 5.41) is 0.241. The molecule has 0 aromatic heterocycles. The number of hydrogen-bond donors (Lipinski definition) is 1. The van der Waals surface area contributed by atoms with Gasteiger partial charge in [-0.05, 0) is 42.5 Å². The van der Waals surface area contributed by atoms with Crippen LogP contribution in [0.4, 0.5) is 11.4 Å². The van der Waals surface area contributed by atoms with Gasteiger partial charge in [0.1, 0.15) is 5.75 Å². The first-order chi connectivity index (χ1) is 12.6. The maximum absolute atomic E-state index is 12.5. The van der Waals surface area contributed by atoms with E-state index in [0.717, 1.165) is 0 Å². The number of sulfonamides is 2. The highest BCUT2D eigenvalue weighted by molar-refractivity contribution is 7.94. The van der Waals surface area contributed by atoms with Gasteiger partial charge < -0.3 is 4.74 Å². The summed E-state index contributed by atoms with van der Waals surface area (Å²) in [5.41, 5.74) is 0.339. The van der Waals surface area contributed by atoms with E-state index in [-0.39, 0.29) is 33.5 Å². The second-order valence-electron chi connectivity index (χ2n) is 5.67. The van der Waals surface area contributed by atoms with Gasteiger partial charge in [0.2, 0.25) is 15.9 Å². The fraction of sp³-hybridized carbons (Fsp3) is 0.188. The number of hydrogen-bond acceptors (Lipinski definition) is 6. The first-order valence-electron chi connectivity index (χ1n) is 7.66. The number of carbonyl (C=O) groups excluding carboxylic acids is 1. The number of carbonyl (C=O) groups is 1. The van der Waals surface area contributed by atoms with Gasteiger partial charge in [0.15, 0.2) is 0 Å². The molecule has 11 heteroatoms. The zero-order valence-electron chi connectivity index (χ0n) is 14.0. The normalized spacial score (nSPS) is 16.4. The zero-order chi connectivity index (χ0) is 19.8. The van der Waals surface area contributed by atoms with Crippen LogP contribution >= 0.6 is 11.6 Å². The Morgan fingerprint density at radius 2 is 1.81 bits per heavy atom. The van der Waals surface area contributed by atoms with Crippen LogP contribution in [0.15, 0.2) is 47.4 Å². The van der Waals surface area contributed by atoms with Gasteiger partial charge in [-0.15, -0.1) is 0 Å². The molecule has 1 amide bonds. The first-order valence-corrected chi connectivity index (χ1v) is 11.1. The highest BCUT2D eigenvalue weighted by atomic mass is 35.5. The summed E-state index contributed by atoms with van der Waals surface area (Å²) >= 11 is 5.98. The Morgan fingerprint density at radius 3 is 2.33 bits per heavy atom. The number of nitrogens with zero attached hydrogens (tertiary/aromatic N) is 1. The molecule has 0 spiro atoms. The van der Waals surface area contributed by atoms with E-state index in [1.54, 1.807) is 0 Å². The number of amides is 1. The van der Waals surface area contributed by atoms with E-state index in [0.29, 0.717) is 10.1 Å². The second kappa shape index (κ2) is 7.02. The maximum atomic E-state index is 12.5. The topological polar surface area (TPSA) is 110 Å². The van der Waals surface area contributed by atoms with Crippen LogP contribution in [0.1, 0.15) is 6.42 Å². The number of nitrogens with one attached hydrogen (secondary N) is 1. The number of halogens is 1. The number of benzene rings is 2. The molecule has 0 aliphatic carbocycles. The molecule has 0 atom stereocenters. The molecule has 1 aliphatic rings. The lowest BCUT2D eigenvalue weighted by Gasteiger charge is -2.15. The zero-order valence-corrected chi connectivity index (χ0v) is 16.4. The molecule has 1 saturated heterocycles. The molecule has 2 aromatic carbocycles. The maximum Gasteiger partial charge on any atom is 0.261 e. The molecule has 0 bridgehead atoms. The molecule has 0 saturated carbocycles. The molecule has 1 N–H and O–H groups in total. The van der Waals surface area contributed by atoms with Gasteiger partial charge >= 0.3 is 0 Å². The molecule has 2 aromatic rings. The van der Waals surface area contributed by atoms with E-state index >= 15 is 0 Å². The third kappa shape index (κ3) is 3.87. The lowest BCUT2D eigenvalue weighted by Crippen LogP contribution is -2.29. The van der Waals surface area contributed by atoms with E-state index < -0.39 is 26.0 Å². The van der Waals surface area contributed by atoms with Gasteiger partial charge in [-0.25, -0.2) is 21.1 Å². The van der Waals surface area contributed by atoms with Crippen LogP contribution < -0.4 is 13.8 Å². The van der Waals surface area contributed by atoms with Crippen molar-refractivity contribution in [2.75, 3.05) is 21.9 Å². The van der Waals surface area contributed by atoms with Crippen molar-refractivity contribution in [2.45, 2.75) is 11.3 Å². The molecule has 3 rings (SSSR count). The van der Waals surface area contributed by atoms with Gasteiger partial charge in [0.25, 0.3) is 10.0 Å². The number of ether oxygens (including phenoxy) is 1. The highest BCUT2D eigenvalue weighted by Crippen LogP contribution is 2.29. The summed E-state index contributed by atoms with van der Waals surface area (Å²) in [6.45, 7) is 0. The van der Waals surface area contributed by atoms with E-state index in [1.807, 2.05) is 0 Å². The van der Waals surface area contributed by atoms with Crippen LogP contribution in [0.25, 0.3) is 0 Å². The fourth-order valence-electron chi connectivity index (χ4n) is 2.57. The fourth-order valence-corrected chi connectivity index (χ4v) is 5.34. The van der Waals surface area contributed by atoms with Crippen LogP contribution in [-0.2, 0) is 24.8 Å². The van der Waals surface area contributed by atoms with Gasteiger partial charge in [0, 0.05) is 6.42 Å². The second-order valence-corrected chi connectivity index (χ2v) is 9.70. The third-order valence-corrected chi connectivity index (χ3v) is 7.25. The Hall–Kier alpha value is -2.30. The summed E-state index contributed by atoms with van der Waals surface area (Å²) in [5.74, 6) is -0.400. The van der Waals surface area contributed by atoms with E-state index in [4.69, 9.17) is 16.3 Å². The summed E-state index contributed by atoms with van der Waals surface area (Å²) in [7, 11) is -6.20. The van der Waals surface area contributed by atoms with Crippen molar-refractivity contribution in [3.05, 3.63) is 47.5 Å². The minimum Gasteiger partial charge on any atom is -0.495 e. The highest BCUT2D eigenvalue weighted by Gasteiger charge is 2.36. The lowest BCUT2D eigenvalue weighted by molar-refractivity contribution is -0.116. The van der Waals surface area contributed by atoms with Crippen molar-refractivity contribution >= 4 is 48.9 Å². The number of anilines is 2. The molecule has 1 heterocycles. The summed E-state index contributed by atoms with van der Waals surface area (Å²) in [6.07, 6.45) is -0.0951. The standard InChI is InChI=1S/C16H15ClN2O6S2/c1-25-15-7-2-11(10-14(15)17)18-27(23,24)13-5-3-12(4-6-13)19-16(20)8-9-26(19,21)22/h2-7,10,18H,8-9H2,1H3. The molecule has 0 radical (unpaired) electrons. The smallest absolute Gasteiger partial charge is 0.261 e. The van der Waals surface area contributed by atoms with Crippen LogP contribution in [0, 0.1) is 0 Å². The molecule has 1 aliphatic heterocycles. The Balaban J connectivity index is 1.86. The molecule has 27 heavy (non-hydrogen) atoms. The summed E-state index contributed by atoms with van der Waals surface area (Å²) in [4.78, 5) is 11.7. The minimum atomic E-state index is -3.93. The number of methoxy groups -OCH3 is 1. The Morgan fingerprint density at radius 1 is 1.15 bits per heavy atom. The van der Waals surface area contributed by atoms with E-state index in [1.165, 1.54) is 49.6 Å². The van der Waals surface area contributed by atoms with Crippen molar-refractivity contribution in [2.24, 2.45) is 0 Å². The van der Waals surface area contributed by atoms with Crippen LogP contribution in [0.5, 0.6) is 5.75 Å². The molecule has 144 valence electrons. The molecular formula is C16H15ClN2O6S2. The van der Waals surface area contributed by atoms with Crippen molar-refractivity contribution < 1.29 is 26.4 Å². The average Bonchev–Trinajstić information content (AvgIpc) is 2.88. The molecule has 0 unspecified atom stereocenters. The first kappa shape index (κ1) is 19.5. The van der Waals surface area contributed by atoms with Gasteiger partial charge in [0.05, 0.1) is 34.2 Å². The van der Waals surface area contributed by atoms with Crippen LogP contribution in [0.2, 0.25) is 5.02 Å². The van der Waals surface area contributed by atoms with Gasteiger partial charge in [-0.1, -0.05) is 11.6 Å². The Kier molecular flexibility index (Phi) is 5.06. The van der Waals surface area contributed by atoms with E-state index in [9.17, 15) is 21.6 Å². The number of rotatable bonds is 5. The SMILES string of the molecule is COc1ccc(NS(=O)(=O)c2ccc(N3C(=O)CCS3(=O)=O)cc2)cc1Cl. The molecule has 1 fully saturated rings. The van der Waals surface area contributed by atoms with Crippen LogP contribution in [-0.4, -0.2) is 35.6 Å². The summed E-state index contributed by atoms with van der Waals surface area (Å²) in [6, 6.07) is 9.42. The largest absolute Gasteiger partial charge is 0.495 e. The Labute approximate surface area is 161 Å². The van der Waals surface area contributed by atoms with E-state index in [2.05, 4.69) is 4.72 Å². The van der Waals surface area contributed by atoms with Crippen LogP contribution in [0.3, 0.4) is 0 Å². The van der Waals surface area contributed by atoms with Gasteiger partial charge in [-0.2, -0.15) is 0 Å². The third-order valence-electron chi connectivity index (χ3n) is 3.86. The van der Waals surface area contributed by atoms with Crippen molar-refractivity contribution in [1.82, 2.24) is 0 Å². The quantitative estimate of drug-likeness (QED) is 0.778. The minimum absolute atomic E-state index is 0.0951. The van der Waals surface area contributed by atoms with Crippen molar-refractivity contribution in [1.29, 1.82) is 0 Å². The molecule has 8 nitrogen and oxygen atoms in total. The van der Waals surface area contributed by atoms with Crippen molar-refractivity contribution in [3.63, 3.8) is 0 Å². The van der Waals surface area contributed by atoms with Crippen molar-refractivity contribution in [3.8, 4) is 5.75 Å².